The molecule has 4 rings (SSSR count). The zero-order chi connectivity index (χ0) is 20.9. The normalized spacial score (nSPS) is 18.0. The van der Waals surface area contributed by atoms with Gasteiger partial charge in [-0.2, -0.15) is 0 Å². The molecule has 3 nitrogen and oxygen atoms in total. The van der Waals surface area contributed by atoms with Crippen LogP contribution in [0.1, 0.15) is 30.0 Å². The predicted molar refractivity (Wildman–Crippen MR) is 117 cm³/mol. The molecular weight excluding hydrogens is 377 g/mol. The van der Waals surface area contributed by atoms with Crippen LogP contribution in [-0.4, -0.2) is 5.91 Å². The largest absolute Gasteiger partial charge is 0.489 e. The van der Waals surface area contributed by atoms with E-state index in [4.69, 9.17) is 4.74 Å². The van der Waals surface area contributed by atoms with E-state index in [1.54, 1.807) is 17.0 Å². The Kier molecular flexibility index (Phi) is 5.94. The molecule has 3 aromatic carbocycles. The number of nitrogens with zero attached hydrogens (tertiary/aromatic N) is 1. The minimum absolute atomic E-state index is 0.0675. The van der Waals surface area contributed by atoms with Gasteiger partial charge >= 0.3 is 0 Å². The number of allylic oxidation sites excluding steroid dienone is 1. The summed E-state index contributed by atoms with van der Waals surface area (Å²) in [6.45, 7) is 4.28. The molecular formula is C26H24FNO2. The maximum absolute atomic E-state index is 13.3. The lowest BCUT2D eigenvalue weighted by molar-refractivity contribution is -0.130. The van der Waals surface area contributed by atoms with Crippen molar-refractivity contribution in [3.63, 3.8) is 0 Å². The van der Waals surface area contributed by atoms with Crippen molar-refractivity contribution in [2.75, 3.05) is 4.90 Å². The highest BCUT2D eigenvalue weighted by molar-refractivity contribution is 6.03. The van der Waals surface area contributed by atoms with Crippen LogP contribution in [0.5, 0.6) is 5.75 Å². The monoisotopic (exact) mass is 401 g/mol. The highest BCUT2D eigenvalue weighted by Crippen LogP contribution is 2.45. The Bertz CT molecular complexity index is 999. The SMILES string of the molecule is C=CCCC1C(=O)N(c2ccc(F)cc2)C1c1ccc(OCc2ccccc2)cc1. The van der Waals surface area contributed by atoms with Gasteiger partial charge in [-0.3, -0.25) is 4.79 Å². The first-order valence-corrected chi connectivity index (χ1v) is 10.1. The summed E-state index contributed by atoms with van der Waals surface area (Å²) >= 11 is 0. The van der Waals surface area contributed by atoms with Gasteiger partial charge in [0.1, 0.15) is 18.2 Å². The summed E-state index contributed by atoms with van der Waals surface area (Å²) in [4.78, 5) is 14.6. The van der Waals surface area contributed by atoms with Crippen LogP contribution in [-0.2, 0) is 11.4 Å². The van der Waals surface area contributed by atoms with Crippen molar-refractivity contribution in [2.24, 2.45) is 5.92 Å². The van der Waals surface area contributed by atoms with E-state index in [1.165, 1.54) is 12.1 Å². The molecule has 2 atom stereocenters. The van der Waals surface area contributed by atoms with Crippen molar-refractivity contribution >= 4 is 11.6 Å². The molecule has 0 saturated carbocycles. The molecule has 0 N–H and O–H groups in total. The van der Waals surface area contributed by atoms with Gasteiger partial charge in [0.05, 0.1) is 12.0 Å². The molecule has 4 heteroatoms. The summed E-state index contributed by atoms with van der Waals surface area (Å²) in [5, 5.41) is 0. The second kappa shape index (κ2) is 8.95. The molecule has 1 aliphatic rings. The van der Waals surface area contributed by atoms with Crippen molar-refractivity contribution in [3.05, 3.63) is 108 Å². The molecule has 1 saturated heterocycles. The quantitative estimate of drug-likeness (QED) is 0.338. The lowest BCUT2D eigenvalue weighted by atomic mass is 9.79. The van der Waals surface area contributed by atoms with Gasteiger partial charge in [-0.1, -0.05) is 48.5 Å². The summed E-state index contributed by atoms with van der Waals surface area (Å²) in [6, 6.07) is 23.9. The number of hydrogen-bond donors (Lipinski definition) is 0. The van der Waals surface area contributed by atoms with Crippen molar-refractivity contribution in [1.29, 1.82) is 0 Å². The average molecular weight is 401 g/mol. The first-order chi connectivity index (χ1) is 14.7. The maximum atomic E-state index is 13.3. The number of carbonyl (C=O) groups excluding carboxylic acids is 1. The van der Waals surface area contributed by atoms with E-state index in [0.717, 1.165) is 29.7 Å². The molecule has 0 radical (unpaired) electrons. The molecule has 0 aromatic heterocycles. The molecule has 1 aliphatic heterocycles. The second-order valence-electron chi connectivity index (χ2n) is 7.45. The van der Waals surface area contributed by atoms with Crippen molar-refractivity contribution in [3.8, 4) is 5.75 Å². The van der Waals surface area contributed by atoms with Gasteiger partial charge in [0, 0.05) is 5.69 Å². The molecule has 1 fully saturated rings. The van der Waals surface area contributed by atoms with E-state index < -0.39 is 0 Å². The fourth-order valence-corrected chi connectivity index (χ4v) is 3.90. The summed E-state index contributed by atoms with van der Waals surface area (Å²) in [5.74, 6) is 0.428. The molecule has 152 valence electrons. The Balaban J connectivity index is 1.52. The number of β-lactam (4-membered cyclic amide) rings is 1. The van der Waals surface area contributed by atoms with Crippen LogP contribution in [0.15, 0.2) is 91.5 Å². The summed E-state index contributed by atoms with van der Waals surface area (Å²) in [5.41, 5.74) is 2.86. The van der Waals surface area contributed by atoms with Gasteiger partial charge in [0.25, 0.3) is 0 Å². The Morgan fingerprint density at radius 1 is 0.967 bits per heavy atom. The molecule has 0 aliphatic carbocycles. The first kappa shape index (κ1) is 19.9. The number of carbonyl (C=O) groups is 1. The van der Waals surface area contributed by atoms with Crippen molar-refractivity contribution < 1.29 is 13.9 Å². The van der Waals surface area contributed by atoms with Crippen LogP contribution in [0, 0.1) is 11.7 Å². The Labute approximate surface area is 176 Å². The molecule has 2 unspecified atom stereocenters. The van der Waals surface area contributed by atoms with E-state index in [1.807, 2.05) is 60.7 Å². The van der Waals surface area contributed by atoms with Gasteiger partial charge in [-0.15, -0.1) is 6.58 Å². The van der Waals surface area contributed by atoms with Gasteiger partial charge in [0.2, 0.25) is 5.91 Å². The fourth-order valence-electron chi connectivity index (χ4n) is 3.90. The topological polar surface area (TPSA) is 29.5 Å². The zero-order valence-electron chi connectivity index (χ0n) is 16.7. The van der Waals surface area contributed by atoms with Crippen LogP contribution in [0.2, 0.25) is 0 Å². The van der Waals surface area contributed by atoms with Gasteiger partial charge in [-0.05, 0) is 60.4 Å². The number of halogens is 1. The smallest absolute Gasteiger partial charge is 0.233 e. The Hall–Kier alpha value is -3.40. The van der Waals surface area contributed by atoms with Crippen LogP contribution >= 0.6 is 0 Å². The second-order valence-corrected chi connectivity index (χ2v) is 7.45. The number of anilines is 1. The Morgan fingerprint density at radius 3 is 2.33 bits per heavy atom. The minimum atomic E-state index is -0.314. The van der Waals surface area contributed by atoms with Gasteiger partial charge in [-0.25, -0.2) is 4.39 Å². The van der Waals surface area contributed by atoms with E-state index in [2.05, 4.69) is 6.58 Å². The highest BCUT2D eigenvalue weighted by Gasteiger charge is 2.48. The Morgan fingerprint density at radius 2 is 1.67 bits per heavy atom. The highest BCUT2D eigenvalue weighted by atomic mass is 19.1. The third-order valence-electron chi connectivity index (χ3n) is 5.47. The fraction of sp³-hybridized carbons (Fsp3) is 0.192. The lowest BCUT2D eigenvalue weighted by Crippen LogP contribution is -2.55. The molecule has 0 spiro atoms. The third kappa shape index (κ3) is 4.13. The van der Waals surface area contributed by atoms with E-state index in [-0.39, 0.29) is 23.7 Å². The van der Waals surface area contributed by atoms with Crippen molar-refractivity contribution in [2.45, 2.75) is 25.5 Å². The number of hydrogen-bond acceptors (Lipinski definition) is 2. The molecule has 3 aromatic rings. The van der Waals surface area contributed by atoms with Crippen LogP contribution in [0.25, 0.3) is 0 Å². The molecule has 30 heavy (non-hydrogen) atoms. The van der Waals surface area contributed by atoms with E-state index in [9.17, 15) is 9.18 Å². The van der Waals surface area contributed by atoms with Gasteiger partial charge in [0.15, 0.2) is 0 Å². The average Bonchev–Trinajstić information content (AvgIpc) is 2.78. The van der Waals surface area contributed by atoms with Crippen molar-refractivity contribution in [1.82, 2.24) is 0 Å². The van der Waals surface area contributed by atoms with Crippen LogP contribution in [0.4, 0.5) is 10.1 Å². The molecule has 0 bridgehead atoms. The van der Waals surface area contributed by atoms with E-state index in [0.29, 0.717) is 12.3 Å². The van der Waals surface area contributed by atoms with Gasteiger partial charge < -0.3 is 9.64 Å². The maximum Gasteiger partial charge on any atom is 0.233 e. The minimum Gasteiger partial charge on any atom is -0.489 e. The first-order valence-electron chi connectivity index (χ1n) is 10.1. The predicted octanol–water partition coefficient (Wildman–Crippen LogP) is 6.08. The number of rotatable bonds is 8. The standard InChI is InChI=1S/C26H24FNO2/c1-2-3-9-24-25(28(26(24)29)22-14-12-21(27)13-15-22)20-10-16-23(17-11-20)30-18-19-7-5-4-6-8-19/h2,4-8,10-17,24-25H,1,3,9,18H2. The zero-order valence-corrected chi connectivity index (χ0v) is 16.7. The lowest BCUT2D eigenvalue weighted by Gasteiger charge is -2.47. The van der Waals surface area contributed by atoms with Crippen LogP contribution < -0.4 is 9.64 Å². The number of ether oxygens (including phenoxy) is 1. The summed E-state index contributed by atoms with van der Waals surface area (Å²) in [7, 11) is 0. The number of benzene rings is 3. The third-order valence-corrected chi connectivity index (χ3v) is 5.47. The summed E-state index contributed by atoms with van der Waals surface area (Å²) < 4.78 is 19.2. The molecule has 1 amide bonds. The van der Waals surface area contributed by atoms with E-state index >= 15 is 0 Å². The summed E-state index contributed by atoms with van der Waals surface area (Å²) in [6.07, 6.45) is 3.37. The number of amides is 1. The molecule has 1 heterocycles. The van der Waals surface area contributed by atoms with Crippen LogP contribution in [0.3, 0.4) is 0 Å².